The Morgan fingerprint density at radius 1 is 1.55 bits per heavy atom. The van der Waals surface area contributed by atoms with E-state index in [-0.39, 0.29) is 30.2 Å². The topological polar surface area (TPSA) is 82.8 Å². The molecule has 2 unspecified atom stereocenters. The average Bonchev–Trinajstić information content (AvgIpc) is 2.85. The molecule has 2 atom stereocenters. The standard InChI is InChI=1S/C13H17BrN2O4/c1-8-7-16(5-4-9(8)17)12(18)6-15-13(19)10-2-3-11(14)20-10/h2-3,8-9,17H,4-7H2,1H3,(H,15,19). The summed E-state index contributed by atoms with van der Waals surface area (Å²) in [5, 5.41) is 12.1. The number of aliphatic hydroxyl groups excluding tert-OH is 1. The monoisotopic (exact) mass is 344 g/mol. The number of aliphatic hydroxyl groups is 1. The van der Waals surface area contributed by atoms with Crippen LogP contribution in [0.3, 0.4) is 0 Å². The summed E-state index contributed by atoms with van der Waals surface area (Å²) in [4.78, 5) is 25.4. The number of furan rings is 1. The summed E-state index contributed by atoms with van der Waals surface area (Å²) in [7, 11) is 0. The number of piperidine rings is 1. The zero-order chi connectivity index (χ0) is 14.7. The van der Waals surface area contributed by atoms with Crippen molar-refractivity contribution in [1.29, 1.82) is 0 Å². The molecule has 7 heteroatoms. The zero-order valence-corrected chi connectivity index (χ0v) is 12.7. The maximum absolute atomic E-state index is 12.0. The predicted octanol–water partition coefficient (Wildman–Crippen LogP) is 1.00. The van der Waals surface area contributed by atoms with Crippen LogP contribution in [-0.2, 0) is 4.79 Å². The molecular formula is C13H17BrN2O4. The molecule has 2 rings (SSSR count). The van der Waals surface area contributed by atoms with Gasteiger partial charge in [0.25, 0.3) is 5.91 Å². The minimum absolute atomic E-state index is 0.0597. The molecule has 1 saturated heterocycles. The first kappa shape index (κ1) is 15.1. The number of likely N-dealkylation sites (tertiary alicyclic amines) is 1. The summed E-state index contributed by atoms with van der Waals surface area (Å²) in [6, 6.07) is 3.15. The van der Waals surface area contributed by atoms with Crippen LogP contribution in [0.4, 0.5) is 0 Å². The smallest absolute Gasteiger partial charge is 0.287 e. The second-order valence-electron chi connectivity index (χ2n) is 4.96. The lowest BCUT2D eigenvalue weighted by Crippen LogP contribution is -2.48. The molecule has 1 aliphatic heterocycles. The van der Waals surface area contributed by atoms with Crippen LogP contribution in [0.25, 0.3) is 0 Å². The highest BCUT2D eigenvalue weighted by Gasteiger charge is 2.27. The molecule has 1 aliphatic rings. The average molecular weight is 345 g/mol. The summed E-state index contributed by atoms with van der Waals surface area (Å²) in [5.41, 5.74) is 0. The van der Waals surface area contributed by atoms with E-state index in [1.165, 1.54) is 6.07 Å². The van der Waals surface area contributed by atoms with E-state index in [2.05, 4.69) is 21.2 Å². The zero-order valence-electron chi connectivity index (χ0n) is 11.1. The molecule has 20 heavy (non-hydrogen) atoms. The molecule has 1 fully saturated rings. The molecule has 6 nitrogen and oxygen atoms in total. The van der Waals surface area contributed by atoms with Gasteiger partial charge in [-0.1, -0.05) is 6.92 Å². The number of hydrogen-bond donors (Lipinski definition) is 2. The Morgan fingerprint density at radius 3 is 2.90 bits per heavy atom. The van der Waals surface area contributed by atoms with Gasteiger partial charge in [0.15, 0.2) is 10.4 Å². The van der Waals surface area contributed by atoms with Crippen LogP contribution < -0.4 is 5.32 Å². The summed E-state index contributed by atoms with van der Waals surface area (Å²) in [6.07, 6.45) is 0.223. The predicted molar refractivity (Wildman–Crippen MR) is 75.1 cm³/mol. The Morgan fingerprint density at radius 2 is 2.30 bits per heavy atom. The van der Waals surface area contributed by atoms with Crippen LogP contribution in [0.1, 0.15) is 23.9 Å². The van der Waals surface area contributed by atoms with Crippen molar-refractivity contribution in [2.75, 3.05) is 19.6 Å². The molecule has 0 aliphatic carbocycles. The van der Waals surface area contributed by atoms with Crippen molar-refractivity contribution in [3.05, 3.63) is 22.6 Å². The maximum Gasteiger partial charge on any atom is 0.287 e. The number of carbonyl (C=O) groups is 2. The van der Waals surface area contributed by atoms with Gasteiger partial charge in [0.2, 0.25) is 5.91 Å². The number of hydrogen-bond acceptors (Lipinski definition) is 4. The minimum Gasteiger partial charge on any atom is -0.444 e. The largest absolute Gasteiger partial charge is 0.444 e. The molecule has 110 valence electrons. The molecular weight excluding hydrogens is 328 g/mol. The highest BCUT2D eigenvalue weighted by molar-refractivity contribution is 9.10. The van der Waals surface area contributed by atoms with Crippen LogP contribution in [0, 0.1) is 5.92 Å². The van der Waals surface area contributed by atoms with Gasteiger partial charge >= 0.3 is 0 Å². The van der Waals surface area contributed by atoms with Gasteiger partial charge in [-0.05, 0) is 40.4 Å². The summed E-state index contributed by atoms with van der Waals surface area (Å²) in [6.45, 7) is 2.87. The van der Waals surface area contributed by atoms with Gasteiger partial charge in [-0.2, -0.15) is 0 Å². The van der Waals surface area contributed by atoms with E-state index >= 15 is 0 Å². The molecule has 0 spiro atoms. The summed E-state index contributed by atoms with van der Waals surface area (Å²) < 4.78 is 5.57. The second-order valence-corrected chi connectivity index (χ2v) is 5.74. The van der Waals surface area contributed by atoms with Crippen molar-refractivity contribution in [3.8, 4) is 0 Å². The van der Waals surface area contributed by atoms with Crippen molar-refractivity contribution in [1.82, 2.24) is 10.2 Å². The van der Waals surface area contributed by atoms with Crippen molar-refractivity contribution < 1.29 is 19.1 Å². The third-order valence-corrected chi connectivity index (χ3v) is 3.84. The van der Waals surface area contributed by atoms with E-state index in [1.807, 2.05) is 6.92 Å². The molecule has 0 bridgehead atoms. The number of nitrogens with zero attached hydrogens (tertiary/aromatic N) is 1. The normalized spacial score (nSPS) is 22.6. The first-order valence-electron chi connectivity index (χ1n) is 6.46. The highest BCUT2D eigenvalue weighted by Crippen LogP contribution is 2.16. The van der Waals surface area contributed by atoms with E-state index in [4.69, 9.17) is 4.42 Å². The van der Waals surface area contributed by atoms with Gasteiger partial charge in [-0.15, -0.1) is 0 Å². The van der Waals surface area contributed by atoms with Gasteiger partial charge in [0.1, 0.15) is 0 Å². The Kier molecular flexibility index (Phi) is 4.82. The van der Waals surface area contributed by atoms with Crippen molar-refractivity contribution in [2.45, 2.75) is 19.4 Å². The van der Waals surface area contributed by atoms with E-state index in [0.29, 0.717) is 24.2 Å². The van der Waals surface area contributed by atoms with Crippen LogP contribution in [0.2, 0.25) is 0 Å². The lowest BCUT2D eigenvalue weighted by atomic mass is 9.97. The van der Waals surface area contributed by atoms with Crippen LogP contribution in [0.5, 0.6) is 0 Å². The van der Waals surface area contributed by atoms with Crippen molar-refractivity contribution in [2.24, 2.45) is 5.92 Å². The Balaban J connectivity index is 1.82. The second kappa shape index (κ2) is 6.41. The fraction of sp³-hybridized carbons (Fsp3) is 0.538. The minimum atomic E-state index is -0.422. The summed E-state index contributed by atoms with van der Waals surface area (Å²) in [5.74, 6) is -0.353. The van der Waals surface area contributed by atoms with Gasteiger partial charge in [0, 0.05) is 13.1 Å². The van der Waals surface area contributed by atoms with Gasteiger partial charge in [-0.25, -0.2) is 0 Å². The molecule has 1 aromatic rings. The van der Waals surface area contributed by atoms with Crippen molar-refractivity contribution in [3.63, 3.8) is 0 Å². The third-order valence-electron chi connectivity index (χ3n) is 3.41. The molecule has 1 aromatic heterocycles. The lowest BCUT2D eigenvalue weighted by molar-refractivity contribution is -0.133. The third kappa shape index (κ3) is 3.61. The molecule has 2 N–H and O–H groups in total. The Bertz CT molecular complexity index is 502. The number of amides is 2. The van der Waals surface area contributed by atoms with Crippen LogP contribution in [-0.4, -0.2) is 47.6 Å². The first-order valence-corrected chi connectivity index (χ1v) is 7.26. The molecule has 0 aromatic carbocycles. The number of rotatable bonds is 3. The maximum atomic E-state index is 12.0. The SMILES string of the molecule is CC1CN(C(=O)CNC(=O)c2ccc(Br)o2)CCC1O. The Hall–Kier alpha value is -1.34. The van der Waals surface area contributed by atoms with Gasteiger partial charge in [-0.3, -0.25) is 9.59 Å². The molecule has 2 amide bonds. The van der Waals surface area contributed by atoms with E-state index < -0.39 is 5.91 Å². The first-order chi connectivity index (χ1) is 9.47. The lowest BCUT2D eigenvalue weighted by Gasteiger charge is -2.34. The quantitative estimate of drug-likeness (QED) is 0.856. The van der Waals surface area contributed by atoms with E-state index in [0.717, 1.165) is 0 Å². The number of halogens is 1. The van der Waals surface area contributed by atoms with Gasteiger partial charge in [0.05, 0.1) is 12.6 Å². The fourth-order valence-corrected chi connectivity index (χ4v) is 2.46. The Labute approximate surface area is 125 Å². The van der Waals surface area contributed by atoms with E-state index in [1.54, 1.807) is 11.0 Å². The van der Waals surface area contributed by atoms with E-state index in [9.17, 15) is 14.7 Å². The molecule has 2 heterocycles. The fourth-order valence-electron chi connectivity index (χ4n) is 2.15. The summed E-state index contributed by atoms with van der Waals surface area (Å²) >= 11 is 3.11. The molecule has 0 saturated carbocycles. The number of carbonyl (C=O) groups excluding carboxylic acids is 2. The highest BCUT2D eigenvalue weighted by atomic mass is 79.9. The van der Waals surface area contributed by atoms with Crippen molar-refractivity contribution >= 4 is 27.7 Å². The van der Waals surface area contributed by atoms with Gasteiger partial charge < -0.3 is 19.7 Å². The van der Waals surface area contributed by atoms with Crippen LogP contribution in [0.15, 0.2) is 21.2 Å². The molecule has 0 radical (unpaired) electrons. The van der Waals surface area contributed by atoms with Crippen LogP contribution >= 0.6 is 15.9 Å². The number of nitrogens with one attached hydrogen (secondary N) is 1.